The predicted molar refractivity (Wildman–Crippen MR) is 98.5 cm³/mol. The van der Waals surface area contributed by atoms with Crippen LogP contribution in [-0.4, -0.2) is 24.1 Å². The van der Waals surface area contributed by atoms with Gasteiger partial charge in [-0.05, 0) is 93.3 Å². The second-order valence-corrected chi connectivity index (χ2v) is 11.0. The SMILES string of the molecule is C=C(C)C(=O)OC12CC3CC(C1)CC(C14CCC(C1)C1COC(=O)C14)(C3)C2. The van der Waals surface area contributed by atoms with E-state index in [0.29, 0.717) is 35.9 Å². The van der Waals surface area contributed by atoms with Crippen molar-refractivity contribution in [1.82, 2.24) is 0 Å². The Labute approximate surface area is 161 Å². The van der Waals surface area contributed by atoms with Crippen LogP contribution in [0, 0.1) is 40.4 Å². The molecule has 6 aliphatic carbocycles. The minimum absolute atomic E-state index is 0.0749. The second-order valence-electron chi connectivity index (χ2n) is 11.0. The van der Waals surface area contributed by atoms with Crippen molar-refractivity contribution in [2.75, 3.05) is 6.61 Å². The van der Waals surface area contributed by atoms with Gasteiger partial charge < -0.3 is 9.47 Å². The molecule has 0 spiro atoms. The van der Waals surface area contributed by atoms with E-state index in [1.807, 2.05) is 0 Å². The summed E-state index contributed by atoms with van der Waals surface area (Å²) in [6.07, 6.45) is 10.4. The lowest BCUT2D eigenvalue weighted by Gasteiger charge is -2.67. The number of esters is 2. The number of rotatable bonds is 3. The zero-order valence-corrected chi connectivity index (χ0v) is 16.3. The van der Waals surface area contributed by atoms with Gasteiger partial charge in [0.2, 0.25) is 0 Å². The molecule has 1 aliphatic heterocycles. The van der Waals surface area contributed by atoms with Crippen molar-refractivity contribution in [3.05, 3.63) is 12.2 Å². The van der Waals surface area contributed by atoms with Crippen LogP contribution < -0.4 is 0 Å². The van der Waals surface area contributed by atoms with Crippen LogP contribution in [0.3, 0.4) is 0 Å². The van der Waals surface area contributed by atoms with Gasteiger partial charge in [-0.2, -0.15) is 0 Å². The molecule has 0 aromatic carbocycles. The van der Waals surface area contributed by atoms with Gasteiger partial charge >= 0.3 is 11.9 Å². The van der Waals surface area contributed by atoms with Gasteiger partial charge in [0.15, 0.2) is 0 Å². The molecule has 0 N–H and O–H groups in total. The number of hydrogen-bond acceptors (Lipinski definition) is 4. The van der Waals surface area contributed by atoms with Crippen LogP contribution in [0.5, 0.6) is 0 Å². The van der Waals surface area contributed by atoms with Crippen molar-refractivity contribution >= 4 is 11.9 Å². The van der Waals surface area contributed by atoms with Gasteiger partial charge in [-0.25, -0.2) is 4.79 Å². The highest BCUT2D eigenvalue weighted by Crippen LogP contribution is 2.78. The first kappa shape index (κ1) is 16.6. The van der Waals surface area contributed by atoms with Crippen molar-refractivity contribution in [3.63, 3.8) is 0 Å². The number of carbonyl (C=O) groups is 2. The van der Waals surface area contributed by atoms with Gasteiger partial charge in [-0.15, -0.1) is 0 Å². The molecule has 6 unspecified atom stereocenters. The third-order valence-electron chi connectivity index (χ3n) is 9.61. The zero-order chi connectivity index (χ0) is 18.6. The molecule has 6 atom stereocenters. The van der Waals surface area contributed by atoms with Crippen molar-refractivity contribution < 1.29 is 19.1 Å². The van der Waals surface area contributed by atoms with E-state index in [1.54, 1.807) is 6.92 Å². The molecule has 6 bridgehead atoms. The molecule has 1 heterocycles. The normalized spacial score (nSPS) is 54.1. The average Bonchev–Trinajstić information content (AvgIpc) is 3.26. The Morgan fingerprint density at radius 2 is 1.93 bits per heavy atom. The fourth-order valence-electron chi connectivity index (χ4n) is 9.32. The maximum Gasteiger partial charge on any atom is 0.333 e. The Hall–Kier alpha value is -1.32. The Morgan fingerprint density at radius 3 is 2.63 bits per heavy atom. The largest absolute Gasteiger partial charge is 0.465 e. The third-order valence-corrected chi connectivity index (χ3v) is 9.61. The fourth-order valence-corrected chi connectivity index (χ4v) is 9.32. The van der Waals surface area contributed by atoms with Crippen LogP contribution in [-0.2, 0) is 19.1 Å². The standard InChI is InChI=1S/C23H30O4/c1-13(2)19(24)27-22-8-14-5-15(9-22)7-21(6-14,12-22)23-4-3-16(10-23)17-11-26-20(25)18(17)23/h14-18H,1,3-12H2,2H3. The minimum atomic E-state index is -0.312. The van der Waals surface area contributed by atoms with E-state index in [4.69, 9.17) is 9.47 Å². The lowest BCUT2D eigenvalue weighted by molar-refractivity contribution is -0.228. The van der Waals surface area contributed by atoms with Crippen molar-refractivity contribution in [1.29, 1.82) is 0 Å². The number of hydrogen-bond donors (Lipinski definition) is 0. The predicted octanol–water partition coefficient (Wildman–Crippen LogP) is 4.03. The maximum atomic E-state index is 12.8. The number of carbonyl (C=O) groups excluding carboxylic acids is 2. The van der Waals surface area contributed by atoms with Gasteiger partial charge in [0.05, 0.1) is 12.5 Å². The molecule has 7 aliphatic rings. The summed E-state index contributed by atoms with van der Waals surface area (Å²) in [6, 6.07) is 0. The molecule has 7 rings (SSSR count). The zero-order valence-electron chi connectivity index (χ0n) is 16.3. The first-order valence-corrected chi connectivity index (χ1v) is 10.9. The highest BCUT2D eigenvalue weighted by atomic mass is 16.6. The quantitative estimate of drug-likeness (QED) is 0.556. The van der Waals surface area contributed by atoms with Crippen molar-refractivity contribution in [2.24, 2.45) is 40.4 Å². The van der Waals surface area contributed by atoms with Gasteiger partial charge in [0, 0.05) is 11.5 Å². The summed E-state index contributed by atoms with van der Waals surface area (Å²) in [7, 11) is 0. The summed E-state index contributed by atoms with van der Waals surface area (Å²) in [5.41, 5.74) is 0.464. The third kappa shape index (κ3) is 1.95. The molecule has 0 aromatic rings. The van der Waals surface area contributed by atoms with E-state index in [1.165, 1.54) is 38.5 Å². The van der Waals surface area contributed by atoms with Crippen LogP contribution in [0.2, 0.25) is 0 Å². The molecule has 0 amide bonds. The molecule has 0 aromatic heterocycles. The summed E-state index contributed by atoms with van der Waals surface area (Å²) in [5.74, 6) is 2.38. The Bertz CT molecular complexity index is 739. The van der Waals surface area contributed by atoms with Gasteiger partial charge in [0.25, 0.3) is 0 Å². The number of cyclic esters (lactones) is 1. The molecule has 27 heavy (non-hydrogen) atoms. The minimum Gasteiger partial charge on any atom is -0.465 e. The fraction of sp³-hybridized carbons (Fsp3) is 0.826. The molecule has 4 nitrogen and oxygen atoms in total. The van der Waals surface area contributed by atoms with E-state index in [2.05, 4.69) is 6.58 Å². The Morgan fingerprint density at radius 1 is 1.19 bits per heavy atom. The molecule has 1 saturated heterocycles. The second kappa shape index (κ2) is 4.99. The first-order chi connectivity index (χ1) is 12.9. The van der Waals surface area contributed by atoms with E-state index in [9.17, 15) is 9.59 Å². The van der Waals surface area contributed by atoms with Crippen LogP contribution in [0.25, 0.3) is 0 Å². The van der Waals surface area contributed by atoms with Gasteiger partial charge in [-0.1, -0.05) is 6.58 Å². The molecular formula is C23H30O4. The Balaban J connectivity index is 1.41. The van der Waals surface area contributed by atoms with Crippen LogP contribution in [0.4, 0.5) is 0 Å². The lowest BCUT2D eigenvalue weighted by atomic mass is 9.39. The average molecular weight is 370 g/mol. The topological polar surface area (TPSA) is 52.6 Å². The summed E-state index contributed by atoms with van der Waals surface area (Å²) < 4.78 is 11.8. The van der Waals surface area contributed by atoms with E-state index < -0.39 is 0 Å². The maximum absolute atomic E-state index is 12.8. The Kier molecular flexibility index (Phi) is 3.07. The molecule has 7 fully saturated rings. The van der Waals surface area contributed by atoms with Crippen LogP contribution in [0.1, 0.15) is 64.7 Å². The smallest absolute Gasteiger partial charge is 0.333 e. The highest BCUT2D eigenvalue weighted by Gasteiger charge is 2.74. The molecule has 6 saturated carbocycles. The van der Waals surface area contributed by atoms with Gasteiger partial charge in [-0.3, -0.25) is 4.79 Å². The van der Waals surface area contributed by atoms with E-state index in [-0.39, 0.29) is 34.3 Å². The van der Waals surface area contributed by atoms with Crippen LogP contribution >= 0.6 is 0 Å². The molecule has 0 radical (unpaired) electrons. The molecule has 146 valence electrons. The monoisotopic (exact) mass is 370 g/mol. The van der Waals surface area contributed by atoms with Crippen molar-refractivity contribution in [2.45, 2.75) is 70.3 Å². The van der Waals surface area contributed by atoms with Crippen molar-refractivity contribution in [3.8, 4) is 0 Å². The van der Waals surface area contributed by atoms with E-state index in [0.717, 1.165) is 19.3 Å². The molecule has 4 heteroatoms. The molecular weight excluding hydrogens is 340 g/mol. The highest BCUT2D eigenvalue weighted by molar-refractivity contribution is 5.87. The number of fused-ring (bicyclic) bond motifs is 5. The summed E-state index contributed by atoms with van der Waals surface area (Å²) in [4.78, 5) is 25.2. The summed E-state index contributed by atoms with van der Waals surface area (Å²) in [6.45, 7) is 6.19. The lowest BCUT2D eigenvalue weighted by Crippen LogP contribution is -2.63. The summed E-state index contributed by atoms with van der Waals surface area (Å²) >= 11 is 0. The first-order valence-electron chi connectivity index (χ1n) is 10.9. The summed E-state index contributed by atoms with van der Waals surface area (Å²) in [5, 5.41) is 0. The van der Waals surface area contributed by atoms with Crippen LogP contribution in [0.15, 0.2) is 12.2 Å². The number of ether oxygens (including phenoxy) is 2. The van der Waals surface area contributed by atoms with E-state index >= 15 is 0 Å². The van der Waals surface area contributed by atoms with Gasteiger partial charge in [0.1, 0.15) is 5.60 Å².